The molecule has 1 aliphatic heterocycles. The first kappa shape index (κ1) is 20.9. The lowest BCUT2D eigenvalue weighted by molar-refractivity contribution is 0.163. The van der Waals surface area contributed by atoms with Gasteiger partial charge in [0.15, 0.2) is 0 Å². The summed E-state index contributed by atoms with van der Waals surface area (Å²) in [6.45, 7) is 4.05. The molecule has 0 atom stereocenters. The highest BCUT2D eigenvalue weighted by atomic mass is 35.5. The fraction of sp³-hybridized carbons (Fsp3) is 0.300. The van der Waals surface area contributed by atoms with Crippen molar-refractivity contribution in [2.24, 2.45) is 0 Å². The predicted octanol–water partition coefficient (Wildman–Crippen LogP) is 3.34. The van der Waals surface area contributed by atoms with E-state index < -0.39 is 15.8 Å². The van der Waals surface area contributed by atoms with Crippen LogP contribution in [0.1, 0.15) is 11.5 Å². The topological polar surface area (TPSA) is 79.5 Å². The summed E-state index contributed by atoms with van der Waals surface area (Å²) in [5.41, 5.74) is 1.98. The lowest BCUT2D eigenvalue weighted by Crippen LogP contribution is -2.48. The summed E-state index contributed by atoms with van der Waals surface area (Å²) in [7, 11) is -3.73. The number of aromatic nitrogens is 2. The molecule has 1 saturated heterocycles. The average Bonchev–Trinajstić information content (AvgIpc) is 3.19. The van der Waals surface area contributed by atoms with Crippen LogP contribution in [-0.4, -0.2) is 53.9 Å². The smallest absolute Gasteiger partial charge is 0.243 e. The molecule has 1 fully saturated rings. The monoisotopic (exact) mass is 450 g/mol. The van der Waals surface area contributed by atoms with Crippen molar-refractivity contribution < 1.29 is 17.3 Å². The highest BCUT2D eigenvalue weighted by Gasteiger charge is 2.29. The first-order valence-corrected chi connectivity index (χ1v) is 11.2. The Hall–Kier alpha value is -2.33. The number of benzene rings is 2. The number of hydrogen-bond donors (Lipinski definition) is 0. The van der Waals surface area contributed by atoms with Gasteiger partial charge in [0.05, 0.1) is 16.5 Å². The van der Waals surface area contributed by atoms with Crippen LogP contribution in [0.4, 0.5) is 4.39 Å². The van der Waals surface area contributed by atoms with E-state index in [9.17, 15) is 12.8 Å². The molecular formula is C20H20ClFN4O3S. The Balaban J connectivity index is 1.39. The van der Waals surface area contributed by atoms with E-state index in [0.717, 1.165) is 23.3 Å². The average molecular weight is 451 g/mol. The van der Waals surface area contributed by atoms with Crippen LogP contribution >= 0.6 is 11.6 Å². The van der Waals surface area contributed by atoms with Crippen molar-refractivity contribution in [1.82, 2.24) is 19.3 Å². The zero-order valence-corrected chi connectivity index (χ0v) is 17.8. The molecule has 4 rings (SSSR count). The van der Waals surface area contributed by atoms with E-state index in [1.807, 2.05) is 31.2 Å². The largest absolute Gasteiger partial charge is 0.338 e. The minimum Gasteiger partial charge on any atom is -0.338 e. The van der Waals surface area contributed by atoms with Crippen LogP contribution in [0.3, 0.4) is 0 Å². The molecular weight excluding hydrogens is 431 g/mol. The maximum atomic E-state index is 13.4. The second-order valence-corrected chi connectivity index (χ2v) is 9.43. The molecule has 0 aliphatic carbocycles. The predicted molar refractivity (Wildman–Crippen MR) is 110 cm³/mol. The standard InChI is InChI=1S/C20H20ClFN4O3S/c1-14-4-2-3-5-16(14)20-23-19(29-24-20)13-25-8-10-26(11-9-25)30(27,28)15-6-7-18(22)17(21)12-15/h2-7,12H,8-11,13H2,1H3. The highest BCUT2D eigenvalue weighted by Crippen LogP contribution is 2.24. The SMILES string of the molecule is Cc1ccccc1-c1noc(CN2CCN(S(=O)(=O)c3ccc(F)c(Cl)c3)CC2)n1. The Morgan fingerprint density at radius 2 is 1.87 bits per heavy atom. The normalized spacial score (nSPS) is 16.1. The van der Waals surface area contributed by atoms with Gasteiger partial charge in [0, 0.05) is 31.7 Å². The third-order valence-electron chi connectivity index (χ3n) is 5.07. The van der Waals surface area contributed by atoms with Crippen molar-refractivity contribution in [3.8, 4) is 11.4 Å². The Bertz CT molecular complexity index is 1160. The number of aryl methyl sites for hydroxylation is 1. The zero-order valence-electron chi connectivity index (χ0n) is 16.3. The summed E-state index contributed by atoms with van der Waals surface area (Å²) in [6, 6.07) is 11.2. The van der Waals surface area contributed by atoms with Crippen LogP contribution in [0.25, 0.3) is 11.4 Å². The van der Waals surface area contributed by atoms with Crippen molar-refractivity contribution in [1.29, 1.82) is 0 Å². The molecule has 0 N–H and O–H groups in total. The Morgan fingerprint density at radius 3 is 2.57 bits per heavy atom. The maximum absolute atomic E-state index is 13.4. The minimum atomic E-state index is -3.73. The van der Waals surface area contributed by atoms with Crippen LogP contribution in [0, 0.1) is 12.7 Å². The van der Waals surface area contributed by atoms with E-state index in [4.69, 9.17) is 16.1 Å². The third-order valence-corrected chi connectivity index (χ3v) is 7.26. The molecule has 0 unspecified atom stereocenters. The summed E-state index contributed by atoms with van der Waals surface area (Å²) < 4.78 is 45.7. The molecule has 0 bridgehead atoms. The third kappa shape index (κ3) is 4.24. The number of sulfonamides is 1. The van der Waals surface area contributed by atoms with Gasteiger partial charge in [-0.1, -0.05) is 41.0 Å². The van der Waals surface area contributed by atoms with Crippen molar-refractivity contribution in [3.63, 3.8) is 0 Å². The first-order valence-electron chi connectivity index (χ1n) is 9.41. The molecule has 1 aromatic heterocycles. The molecule has 158 valence electrons. The second-order valence-electron chi connectivity index (χ2n) is 7.08. The molecule has 0 saturated carbocycles. The fourth-order valence-corrected chi connectivity index (χ4v) is 5.05. The lowest BCUT2D eigenvalue weighted by Gasteiger charge is -2.33. The molecule has 10 heteroatoms. The van der Waals surface area contributed by atoms with Crippen LogP contribution in [0.15, 0.2) is 51.9 Å². The van der Waals surface area contributed by atoms with E-state index >= 15 is 0 Å². The number of rotatable bonds is 5. The van der Waals surface area contributed by atoms with Gasteiger partial charge in [-0.2, -0.15) is 9.29 Å². The van der Waals surface area contributed by atoms with E-state index in [1.165, 1.54) is 10.4 Å². The maximum Gasteiger partial charge on any atom is 0.243 e. The summed E-state index contributed by atoms with van der Waals surface area (Å²) in [4.78, 5) is 6.51. The van der Waals surface area contributed by atoms with E-state index in [-0.39, 0.29) is 9.92 Å². The summed E-state index contributed by atoms with van der Waals surface area (Å²) in [5, 5.41) is 3.85. The molecule has 3 aromatic rings. The van der Waals surface area contributed by atoms with Gasteiger partial charge < -0.3 is 4.52 Å². The first-order chi connectivity index (χ1) is 14.3. The van der Waals surface area contributed by atoms with Crippen molar-refractivity contribution in [2.45, 2.75) is 18.4 Å². The van der Waals surface area contributed by atoms with Crippen LogP contribution in [0.2, 0.25) is 5.02 Å². The summed E-state index contributed by atoms with van der Waals surface area (Å²) in [5.74, 6) is 0.373. The number of hydrogen-bond acceptors (Lipinski definition) is 6. The molecule has 2 heterocycles. The number of piperazine rings is 1. The fourth-order valence-electron chi connectivity index (χ4n) is 3.36. The van der Waals surface area contributed by atoms with Gasteiger partial charge in [-0.25, -0.2) is 12.8 Å². The van der Waals surface area contributed by atoms with Crippen molar-refractivity contribution >= 4 is 21.6 Å². The minimum absolute atomic E-state index is 0.0119. The van der Waals surface area contributed by atoms with Gasteiger partial charge in [0.25, 0.3) is 0 Å². The highest BCUT2D eigenvalue weighted by molar-refractivity contribution is 7.89. The van der Waals surface area contributed by atoms with Crippen molar-refractivity contribution in [3.05, 3.63) is 64.8 Å². The second kappa shape index (κ2) is 8.43. The van der Waals surface area contributed by atoms with E-state index in [0.29, 0.717) is 44.4 Å². The Labute approximate surface area is 179 Å². The molecule has 7 nitrogen and oxygen atoms in total. The van der Waals surface area contributed by atoms with Gasteiger partial charge in [0.2, 0.25) is 21.7 Å². The Kier molecular flexibility index (Phi) is 5.88. The Morgan fingerprint density at radius 1 is 1.13 bits per heavy atom. The van der Waals surface area contributed by atoms with Gasteiger partial charge in [0.1, 0.15) is 5.82 Å². The van der Waals surface area contributed by atoms with Gasteiger partial charge >= 0.3 is 0 Å². The van der Waals surface area contributed by atoms with E-state index in [2.05, 4.69) is 15.0 Å². The number of halogens is 2. The van der Waals surface area contributed by atoms with Crippen LogP contribution in [0.5, 0.6) is 0 Å². The molecule has 1 aliphatic rings. The van der Waals surface area contributed by atoms with Crippen LogP contribution < -0.4 is 0 Å². The van der Waals surface area contributed by atoms with Gasteiger partial charge in [-0.3, -0.25) is 4.90 Å². The zero-order chi connectivity index (χ0) is 21.3. The molecule has 0 radical (unpaired) electrons. The molecule has 0 amide bonds. The van der Waals surface area contributed by atoms with Crippen LogP contribution in [-0.2, 0) is 16.6 Å². The molecule has 0 spiro atoms. The number of nitrogens with zero attached hydrogens (tertiary/aromatic N) is 4. The summed E-state index contributed by atoms with van der Waals surface area (Å²) >= 11 is 5.74. The van der Waals surface area contributed by atoms with E-state index in [1.54, 1.807) is 0 Å². The van der Waals surface area contributed by atoms with Crippen molar-refractivity contribution in [2.75, 3.05) is 26.2 Å². The lowest BCUT2D eigenvalue weighted by atomic mass is 10.1. The van der Waals surface area contributed by atoms with Gasteiger partial charge in [-0.15, -0.1) is 0 Å². The molecule has 30 heavy (non-hydrogen) atoms. The van der Waals surface area contributed by atoms with Gasteiger partial charge in [-0.05, 0) is 30.7 Å². The quantitative estimate of drug-likeness (QED) is 0.593. The molecule has 2 aromatic carbocycles. The summed E-state index contributed by atoms with van der Waals surface area (Å²) in [6.07, 6.45) is 0.